The predicted molar refractivity (Wildman–Crippen MR) is 227 cm³/mol. The second-order valence-corrected chi connectivity index (χ2v) is 15.1. The molecule has 0 aromatic carbocycles. The maximum absolute atomic E-state index is 13.1. The van der Waals surface area contributed by atoms with Crippen molar-refractivity contribution in [3.05, 3.63) is 48.6 Å². The second-order valence-electron chi connectivity index (χ2n) is 15.1. The van der Waals surface area contributed by atoms with Gasteiger partial charge in [0.2, 0.25) is 5.91 Å². The van der Waals surface area contributed by atoms with E-state index in [4.69, 9.17) is 4.74 Å². The molecular weight excluding hydrogens is 659 g/mol. The first-order valence-electron chi connectivity index (χ1n) is 22.4. The molecule has 3 atom stereocenters. The number of nitrogens with one attached hydrogen (secondary N) is 1. The number of aliphatic hydroxyl groups excluding tert-OH is 2. The molecule has 308 valence electrons. The Balaban J connectivity index is 4.67. The first kappa shape index (κ1) is 50.8. The highest BCUT2D eigenvalue weighted by atomic mass is 16.5. The van der Waals surface area contributed by atoms with Gasteiger partial charge in [0.15, 0.2) is 0 Å². The Hall–Kier alpha value is -2.18. The Kier molecular flexibility index (Phi) is 39.3. The minimum absolute atomic E-state index is 0.0479. The summed E-state index contributed by atoms with van der Waals surface area (Å²) in [6.07, 6.45) is 47.4. The lowest BCUT2D eigenvalue weighted by atomic mass is 10.0. The lowest BCUT2D eigenvalue weighted by Gasteiger charge is -2.24. The van der Waals surface area contributed by atoms with Crippen molar-refractivity contribution in [1.82, 2.24) is 5.32 Å². The van der Waals surface area contributed by atoms with Crippen molar-refractivity contribution in [2.75, 3.05) is 6.61 Å². The molecule has 0 radical (unpaired) electrons. The molecule has 3 N–H and O–H groups in total. The van der Waals surface area contributed by atoms with Crippen molar-refractivity contribution in [3.63, 3.8) is 0 Å². The van der Waals surface area contributed by atoms with Crippen LogP contribution < -0.4 is 5.32 Å². The van der Waals surface area contributed by atoms with Crippen molar-refractivity contribution in [2.24, 2.45) is 0 Å². The summed E-state index contributed by atoms with van der Waals surface area (Å²) < 4.78 is 5.87. The molecule has 0 heterocycles. The number of rotatable bonds is 39. The van der Waals surface area contributed by atoms with Crippen molar-refractivity contribution in [1.29, 1.82) is 0 Å². The van der Waals surface area contributed by atoms with E-state index in [2.05, 4.69) is 74.7 Å². The summed E-state index contributed by atoms with van der Waals surface area (Å²) in [6.45, 7) is 6.29. The summed E-state index contributed by atoms with van der Waals surface area (Å²) in [6, 6.07) is -0.712. The molecule has 0 saturated carbocycles. The number of carbonyl (C=O) groups is 2. The van der Waals surface area contributed by atoms with Crippen molar-refractivity contribution < 1.29 is 24.5 Å². The van der Waals surface area contributed by atoms with Gasteiger partial charge in [-0.25, -0.2) is 0 Å². The Morgan fingerprint density at radius 3 is 1.64 bits per heavy atom. The molecule has 0 bridgehead atoms. The summed E-state index contributed by atoms with van der Waals surface area (Å²) >= 11 is 0. The Morgan fingerprint density at radius 1 is 0.566 bits per heavy atom. The molecule has 6 nitrogen and oxygen atoms in total. The number of aliphatic hydroxyl groups is 2. The van der Waals surface area contributed by atoms with Gasteiger partial charge in [0.05, 0.1) is 25.2 Å². The van der Waals surface area contributed by atoms with Crippen LogP contribution in [-0.2, 0) is 14.3 Å². The molecule has 0 spiro atoms. The fraction of sp³-hybridized carbons (Fsp3) is 0.787. The fourth-order valence-electron chi connectivity index (χ4n) is 6.48. The number of allylic oxidation sites excluding steroid dienone is 8. The SMILES string of the molecule is CC/C=C/C/C=C/C/C=C/CCCCC(CC(=O)NC(CO)C(O)CCCCCCCCCCCCC)OC(=O)CCCCCCC/C=C\CCCC. The zero-order chi connectivity index (χ0) is 38.9. The molecule has 1 amide bonds. The molecular formula is C47H85NO5. The normalized spacial score (nSPS) is 13.8. The summed E-state index contributed by atoms with van der Waals surface area (Å²) in [5.74, 6) is -0.526. The number of amides is 1. The van der Waals surface area contributed by atoms with Crippen LogP contribution in [0.4, 0.5) is 0 Å². The number of unbranched alkanes of at least 4 members (excludes halogenated alkanes) is 19. The van der Waals surface area contributed by atoms with Gasteiger partial charge in [0, 0.05) is 6.42 Å². The Labute approximate surface area is 327 Å². The van der Waals surface area contributed by atoms with E-state index in [9.17, 15) is 19.8 Å². The molecule has 0 aliphatic carbocycles. The van der Waals surface area contributed by atoms with E-state index in [1.165, 1.54) is 83.5 Å². The molecule has 0 fully saturated rings. The molecule has 53 heavy (non-hydrogen) atoms. The van der Waals surface area contributed by atoms with Crippen LogP contribution in [0.1, 0.15) is 213 Å². The molecule has 0 aliphatic heterocycles. The monoisotopic (exact) mass is 744 g/mol. The lowest BCUT2D eigenvalue weighted by molar-refractivity contribution is -0.151. The van der Waals surface area contributed by atoms with Crippen molar-refractivity contribution in [2.45, 2.75) is 232 Å². The topological polar surface area (TPSA) is 95.9 Å². The van der Waals surface area contributed by atoms with Crippen molar-refractivity contribution >= 4 is 11.9 Å². The largest absolute Gasteiger partial charge is 0.462 e. The highest BCUT2D eigenvalue weighted by molar-refractivity contribution is 5.77. The maximum Gasteiger partial charge on any atom is 0.306 e. The van der Waals surface area contributed by atoms with Gasteiger partial charge in [-0.1, -0.05) is 172 Å². The molecule has 0 aromatic heterocycles. The molecule has 6 heteroatoms. The third-order valence-electron chi connectivity index (χ3n) is 9.89. The van der Waals surface area contributed by atoms with Crippen LogP contribution in [0.2, 0.25) is 0 Å². The first-order chi connectivity index (χ1) is 26.0. The predicted octanol–water partition coefficient (Wildman–Crippen LogP) is 12.7. The average molecular weight is 744 g/mol. The number of hydrogen-bond acceptors (Lipinski definition) is 5. The van der Waals surface area contributed by atoms with Crippen LogP contribution in [-0.4, -0.2) is 46.9 Å². The van der Waals surface area contributed by atoms with Gasteiger partial charge >= 0.3 is 5.97 Å². The summed E-state index contributed by atoms with van der Waals surface area (Å²) in [4.78, 5) is 25.9. The quantitative estimate of drug-likeness (QED) is 0.0331. The van der Waals surface area contributed by atoms with Crippen LogP contribution in [0, 0.1) is 0 Å². The Bertz CT molecular complexity index is 926. The number of esters is 1. The maximum atomic E-state index is 13.1. The highest BCUT2D eigenvalue weighted by Crippen LogP contribution is 2.16. The van der Waals surface area contributed by atoms with E-state index in [0.717, 1.165) is 83.5 Å². The molecule has 0 aromatic rings. The van der Waals surface area contributed by atoms with Gasteiger partial charge in [-0.05, 0) is 77.0 Å². The van der Waals surface area contributed by atoms with E-state index in [1.54, 1.807) is 0 Å². The van der Waals surface area contributed by atoms with E-state index in [0.29, 0.717) is 19.3 Å². The van der Waals surface area contributed by atoms with Crippen LogP contribution in [0.3, 0.4) is 0 Å². The zero-order valence-electron chi connectivity index (χ0n) is 34.9. The molecule has 3 unspecified atom stereocenters. The van der Waals surface area contributed by atoms with Crippen LogP contribution >= 0.6 is 0 Å². The highest BCUT2D eigenvalue weighted by Gasteiger charge is 2.24. The van der Waals surface area contributed by atoms with Crippen LogP contribution in [0.25, 0.3) is 0 Å². The summed E-state index contributed by atoms with van der Waals surface area (Å²) in [5.41, 5.74) is 0. The van der Waals surface area contributed by atoms with Crippen LogP contribution in [0.5, 0.6) is 0 Å². The van der Waals surface area contributed by atoms with E-state index < -0.39 is 18.2 Å². The minimum atomic E-state index is -0.796. The number of carbonyl (C=O) groups excluding carboxylic acids is 2. The molecule has 0 aliphatic rings. The van der Waals surface area contributed by atoms with E-state index >= 15 is 0 Å². The van der Waals surface area contributed by atoms with Gasteiger partial charge in [-0.15, -0.1) is 0 Å². The van der Waals surface area contributed by atoms with Gasteiger partial charge in [0.1, 0.15) is 6.10 Å². The minimum Gasteiger partial charge on any atom is -0.462 e. The number of hydrogen-bond donors (Lipinski definition) is 3. The number of ether oxygens (including phenoxy) is 1. The van der Waals surface area contributed by atoms with Gasteiger partial charge in [-0.3, -0.25) is 9.59 Å². The standard InChI is InChI=1S/C47H85NO5/c1-4-7-10-13-16-19-22-25-26-29-32-35-38-43(53-47(52)40-37-34-31-28-24-21-18-15-12-9-6-3)41-46(51)48-44(42-49)45(50)39-36-33-30-27-23-20-17-14-11-8-5-2/h7,10,15-16,18-19,25-26,43-45,49-50H,4-6,8-9,11-14,17,20-24,27-42H2,1-3H3,(H,48,51)/b10-7+,18-15-,19-16+,26-25+. The lowest BCUT2D eigenvalue weighted by Crippen LogP contribution is -2.46. The van der Waals surface area contributed by atoms with Gasteiger partial charge in [0.25, 0.3) is 0 Å². The third kappa shape index (κ3) is 36.6. The smallest absolute Gasteiger partial charge is 0.306 e. The average Bonchev–Trinajstić information content (AvgIpc) is 3.15. The summed E-state index contributed by atoms with van der Waals surface area (Å²) in [7, 11) is 0. The van der Waals surface area contributed by atoms with Crippen LogP contribution in [0.15, 0.2) is 48.6 Å². The molecule has 0 saturated heterocycles. The Morgan fingerprint density at radius 2 is 1.04 bits per heavy atom. The summed E-state index contributed by atoms with van der Waals surface area (Å²) in [5, 5.41) is 23.6. The van der Waals surface area contributed by atoms with E-state index in [-0.39, 0.29) is 24.9 Å². The molecule has 0 rings (SSSR count). The van der Waals surface area contributed by atoms with E-state index in [1.807, 2.05) is 0 Å². The van der Waals surface area contributed by atoms with Crippen molar-refractivity contribution in [3.8, 4) is 0 Å². The fourth-order valence-corrected chi connectivity index (χ4v) is 6.48. The third-order valence-corrected chi connectivity index (χ3v) is 9.89. The first-order valence-corrected chi connectivity index (χ1v) is 22.4. The van der Waals surface area contributed by atoms with Gasteiger partial charge < -0.3 is 20.3 Å². The van der Waals surface area contributed by atoms with Gasteiger partial charge in [-0.2, -0.15) is 0 Å². The zero-order valence-corrected chi connectivity index (χ0v) is 34.9. The second kappa shape index (κ2) is 41.0.